The Morgan fingerprint density at radius 2 is 1.96 bits per heavy atom. The van der Waals surface area contributed by atoms with Gasteiger partial charge < -0.3 is 9.67 Å². The molecule has 0 spiro atoms. The van der Waals surface area contributed by atoms with Gasteiger partial charge in [-0.2, -0.15) is 10.1 Å². The molecular weight excluding hydrogens is 384 g/mol. The first kappa shape index (κ1) is 15.5. The standard InChI is InChI=1S/C17H13BrN6O/c1-24-14-7-4-11(18)8-13(14)15-16(24)20-17(23-21-15)22-19-9-10-2-5-12(25)6-3-10/h2-9,25H,1H3,(H,20,22,23)/b19-9-. The Morgan fingerprint density at radius 1 is 1.16 bits per heavy atom. The number of halogens is 1. The molecule has 0 aliphatic rings. The fraction of sp³-hybridized carbons (Fsp3) is 0.0588. The van der Waals surface area contributed by atoms with Gasteiger partial charge in [-0.05, 0) is 48.0 Å². The van der Waals surface area contributed by atoms with E-state index in [0.717, 1.165) is 32.1 Å². The molecule has 2 aromatic carbocycles. The number of aryl methyl sites for hydroxylation is 1. The third-order valence-electron chi connectivity index (χ3n) is 3.83. The van der Waals surface area contributed by atoms with Crippen LogP contribution in [0, 0.1) is 0 Å². The normalized spacial score (nSPS) is 11.6. The molecule has 7 nitrogen and oxygen atoms in total. The van der Waals surface area contributed by atoms with E-state index in [1.165, 1.54) is 0 Å². The largest absolute Gasteiger partial charge is 0.508 e. The average Bonchev–Trinajstić information content (AvgIpc) is 2.88. The summed E-state index contributed by atoms with van der Waals surface area (Å²) in [4.78, 5) is 4.50. The van der Waals surface area contributed by atoms with Gasteiger partial charge in [0, 0.05) is 16.9 Å². The van der Waals surface area contributed by atoms with Crippen LogP contribution in [0.3, 0.4) is 0 Å². The third kappa shape index (κ3) is 2.91. The Bertz CT molecular complexity index is 1100. The summed E-state index contributed by atoms with van der Waals surface area (Å²) in [5.41, 5.74) is 6.13. The van der Waals surface area contributed by atoms with Gasteiger partial charge in [0.15, 0.2) is 5.65 Å². The number of hydrogen-bond acceptors (Lipinski definition) is 6. The van der Waals surface area contributed by atoms with Crippen molar-refractivity contribution in [3.8, 4) is 5.75 Å². The maximum Gasteiger partial charge on any atom is 0.265 e. The summed E-state index contributed by atoms with van der Waals surface area (Å²) in [6, 6.07) is 12.7. The van der Waals surface area contributed by atoms with E-state index in [1.54, 1.807) is 30.5 Å². The third-order valence-corrected chi connectivity index (χ3v) is 4.33. The highest BCUT2D eigenvalue weighted by molar-refractivity contribution is 9.10. The zero-order chi connectivity index (χ0) is 17.4. The van der Waals surface area contributed by atoms with E-state index < -0.39 is 0 Å². The average molecular weight is 397 g/mol. The number of phenols is 1. The molecule has 25 heavy (non-hydrogen) atoms. The molecule has 8 heteroatoms. The zero-order valence-corrected chi connectivity index (χ0v) is 14.8. The van der Waals surface area contributed by atoms with E-state index in [9.17, 15) is 5.11 Å². The molecule has 0 bridgehead atoms. The van der Waals surface area contributed by atoms with Crippen LogP contribution in [0.1, 0.15) is 5.56 Å². The lowest BCUT2D eigenvalue weighted by molar-refractivity contribution is 0.475. The number of aromatic hydroxyl groups is 1. The second-order valence-corrected chi connectivity index (χ2v) is 6.41. The number of hydrogen-bond donors (Lipinski definition) is 2. The van der Waals surface area contributed by atoms with Crippen LogP contribution in [0.5, 0.6) is 5.75 Å². The lowest BCUT2D eigenvalue weighted by atomic mass is 10.2. The molecule has 0 aliphatic heterocycles. The molecule has 4 rings (SSSR count). The molecule has 124 valence electrons. The quantitative estimate of drug-likeness (QED) is 0.409. The van der Waals surface area contributed by atoms with Crippen LogP contribution >= 0.6 is 15.9 Å². The second kappa shape index (κ2) is 6.14. The van der Waals surface area contributed by atoms with E-state index in [1.807, 2.05) is 29.8 Å². The molecule has 0 unspecified atom stereocenters. The number of fused-ring (bicyclic) bond motifs is 3. The number of rotatable bonds is 3. The maximum atomic E-state index is 9.27. The SMILES string of the molecule is Cn1c2ccc(Br)cc2c2nnc(N/N=C\c3ccc(O)cc3)nc21. The fourth-order valence-corrected chi connectivity index (χ4v) is 2.96. The summed E-state index contributed by atoms with van der Waals surface area (Å²) in [6.07, 6.45) is 1.62. The lowest BCUT2D eigenvalue weighted by Crippen LogP contribution is -2.00. The summed E-state index contributed by atoms with van der Waals surface area (Å²) >= 11 is 3.48. The molecule has 0 amide bonds. The van der Waals surface area contributed by atoms with E-state index in [-0.39, 0.29) is 5.75 Å². The van der Waals surface area contributed by atoms with Gasteiger partial charge in [0.05, 0.1) is 11.7 Å². The highest BCUT2D eigenvalue weighted by atomic mass is 79.9. The summed E-state index contributed by atoms with van der Waals surface area (Å²) in [5, 5.41) is 22.7. The van der Waals surface area contributed by atoms with Crippen molar-refractivity contribution < 1.29 is 5.11 Å². The number of nitrogens with one attached hydrogen (secondary N) is 1. The maximum absolute atomic E-state index is 9.27. The number of anilines is 1. The molecule has 4 aromatic rings. The number of aromatic nitrogens is 4. The van der Waals surface area contributed by atoms with Crippen LogP contribution in [-0.4, -0.2) is 31.1 Å². The Kier molecular flexibility index (Phi) is 3.81. The minimum atomic E-state index is 0.213. The number of hydrazone groups is 1. The van der Waals surface area contributed by atoms with Crippen molar-refractivity contribution in [3.63, 3.8) is 0 Å². The highest BCUT2D eigenvalue weighted by Gasteiger charge is 2.12. The Balaban J connectivity index is 1.66. The van der Waals surface area contributed by atoms with Crippen molar-refractivity contribution in [2.24, 2.45) is 12.1 Å². The Labute approximate surface area is 151 Å². The minimum Gasteiger partial charge on any atom is -0.508 e. The molecule has 0 saturated heterocycles. The predicted molar refractivity (Wildman–Crippen MR) is 101 cm³/mol. The van der Waals surface area contributed by atoms with Gasteiger partial charge in [0.1, 0.15) is 11.3 Å². The molecule has 2 aromatic heterocycles. The van der Waals surface area contributed by atoms with Gasteiger partial charge in [-0.15, -0.1) is 10.2 Å². The molecule has 2 heterocycles. The first-order valence-corrected chi connectivity index (χ1v) is 8.27. The first-order chi connectivity index (χ1) is 12.1. The molecule has 2 N–H and O–H groups in total. The van der Waals surface area contributed by atoms with Crippen molar-refractivity contribution in [3.05, 3.63) is 52.5 Å². The van der Waals surface area contributed by atoms with Crippen molar-refractivity contribution in [1.29, 1.82) is 0 Å². The fourth-order valence-electron chi connectivity index (χ4n) is 2.60. The molecule has 0 saturated carbocycles. The van der Waals surface area contributed by atoms with E-state index in [4.69, 9.17) is 0 Å². The van der Waals surface area contributed by atoms with Crippen LogP contribution in [0.4, 0.5) is 5.95 Å². The minimum absolute atomic E-state index is 0.213. The molecular formula is C17H13BrN6O. The van der Waals surface area contributed by atoms with Crippen LogP contribution < -0.4 is 5.43 Å². The molecule has 0 atom stereocenters. The first-order valence-electron chi connectivity index (χ1n) is 7.48. The summed E-state index contributed by atoms with van der Waals surface area (Å²) in [6.45, 7) is 0. The number of nitrogens with zero attached hydrogens (tertiary/aromatic N) is 5. The molecule has 0 fully saturated rings. The summed E-state index contributed by atoms with van der Waals surface area (Å²) in [7, 11) is 1.94. The van der Waals surface area contributed by atoms with E-state index >= 15 is 0 Å². The van der Waals surface area contributed by atoms with Crippen LogP contribution in [0.25, 0.3) is 22.1 Å². The summed E-state index contributed by atoms with van der Waals surface area (Å²) in [5.74, 6) is 0.526. The van der Waals surface area contributed by atoms with Crippen molar-refractivity contribution >= 4 is 50.2 Å². The molecule has 0 radical (unpaired) electrons. The van der Waals surface area contributed by atoms with Crippen molar-refractivity contribution in [2.75, 3.05) is 5.43 Å². The topological polar surface area (TPSA) is 88.2 Å². The van der Waals surface area contributed by atoms with Gasteiger partial charge in [-0.25, -0.2) is 5.43 Å². The van der Waals surface area contributed by atoms with Crippen LogP contribution in [-0.2, 0) is 7.05 Å². The van der Waals surface area contributed by atoms with Crippen LogP contribution in [0.2, 0.25) is 0 Å². The zero-order valence-electron chi connectivity index (χ0n) is 13.2. The number of phenolic OH excluding ortho intramolecular Hbond substituents is 1. The second-order valence-electron chi connectivity index (χ2n) is 5.49. The van der Waals surface area contributed by atoms with Gasteiger partial charge in [-0.1, -0.05) is 15.9 Å². The van der Waals surface area contributed by atoms with E-state index in [2.05, 4.69) is 41.6 Å². The van der Waals surface area contributed by atoms with Gasteiger partial charge in [-0.3, -0.25) is 0 Å². The van der Waals surface area contributed by atoms with E-state index in [0.29, 0.717) is 5.95 Å². The Morgan fingerprint density at radius 3 is 2.76 bits per heavy atom. The smallest absolute Gasteiger partial charge is 0.265 e. The molecule has 0 aliphatic carbocycles. The van der Waals surface area contributed by atoms with Crippen molar-refractivity contribution in [1.82, 2.24) is 19.7 Å². The number of benzene rings is 2. The Hall–Kier alpha value is -3.00. The van der Waals surface area contributed by atoms with Gasteiger partial charge in [0.2, 0.25) is 0 Å². The van der Waals surface area contributed by atoms with Gasteiger partial charge in [0.25, 0.3) is 5.95 Å². The highest BCUT2D eigenvalue weighted by Crippen LogP contribution is 2.27. The van der Waals surface area contributed by atoms with Gasteiger partial charge >= 0.3 is 0 Å². The van der Waals surface area contributed by atoms with Crippen LogP contribution in [0.15, 0.2) is 52.0 Å². The monoisotopic (exact) mass is 396 g/mol. The van der Waals surface area contributed by atoms with Crippen molar-refractivity contribution in [2.45, 2.75) is 0 Å². The lowest BCUT2D eigenvalue weighted by Gasteiger charge is -1.99. The predicted octanol–water partition coefficient (Wildman–Crippen LogP) is 3.43. The summed E-state index contributed by atoms with van der Waals surface area (Å²) < 4.78 is 2.95.